The zero-order valence-electron chi connectivity index (χ0n) is 15.5. The summed E-state index contributed by atoms with van der Waals surface area (Å²) in [5.74, 6) is 1.04. The number of hydrogen-bond donors (Lipinski definition) is 0. The number of anilines is 1. The Hall–Kier alpha value is -2.01. The lowest BCUT2D eigenvalue weighted by molar-refractivity contribution is -0.132. The van der Waals surface area contributed by atoms with Crippen molar-refractivity contribution in [2.24, 2.45) is 0 Å². The molecule has 2 aromatic rings. The topological polar surface area (TPSA) is 41.4 Å². The van der Waals surface area contributed by atoms with Gasteiger partial charge in [-0.25, -0.2) is 4.98 Å². The number of piperazine rings is 1. The van der Waals surface area contributed by atoms with E-state index in [0.717, 1.165) is 48.4 Å². The Kier molecular flexibility index (Phi) is 6.88. The highest BCUT2D eigenvalue weighted by molar-refractivity contribution is 6.30. The second kappa shape index (κ2) is 8.90. The Labute approximate surface area is 155 Å². The molecule has 0 aliphatic carbocycles. The smallest absolute Gasteiger partial charge is 0.242 e. The van der Waals surface area contributed by atoms with Gasteiger partial charge in [-0.2, -0.15) is 0 Å². The van der Waals surface area contributed by atoms with E-state index in [1.807, 2.05) is 67.6 Å². The zero-order chi connectivity index (χ0) is 18.4. The number of hydrogen-bond acceptors (Lipinski definition) is 3. The molecule has 6 heteroatoms. The van der Waals surface area contributed by atoms with Crippen molar-refractivity contribution in [2.75, 3.05) is 31.1 Å². The average molecular weight is 363 g/mol. The molecule has 1 saturated heterocycles. The van der Waals surface area contributed by atoms with Crippen molar-refractivity contribution in [1.82, 2.24) is 14.5 Å². The van der Waals surface area contributed by atoms with Crippen molar-refractivity contribution < 1.29 is 4.79 Å². The molecule has 1 aliphatic rings. The molecular formula is C19H27ClN4O. The lowest BCUT2D eigenvalue weighted by Crippen LogP contribution is -2.49. The fourth-order valence-electron chi connectivity index (χ4n) is 2.94. The van der Waals surface area contributed by atoms with Gasteiger partial charge in [-0.1, -0.05) is 25.4 Å². The molecule has 1 aromatic carbocycles. The predicted molar refractivity (Wildman–Crippen MR) is 103 cm³/mol. The van der Waals surface area contributed by atoms with Gasteiger partial charge in [0.2, 0.25) is 5.91 Å². The quantitative estimate of drug-likeness (QED) is 0.838. The number of carbonyl (C=O) groups is 1. The minimum atomic E-state index is 0.154. The van der Waals surface area contributed by atoms with E-state index in [0.29, 0.717) is 6.54 Å². The molecular weight excluding hydrogens is 336 g/mol. The van der Waals surface area contributed by atoms with E-state index in [1.54, 1.807) is 0 Å². The number of aryl methyl sites for hydroxylation is 2. The van der Waals surface area contributed by atoms with E-state index >= 15 is 0 Å². The van der Waals surface area contributed by atoms with Crippen molar-refractivity contribution in [3.8, 4) is 0 Å². The number of halogens is 1. The Morgan fingerprint density at radius 2 is 1.68 bits per heavy atom. The van der Waals surface area contributed by atoms with Crippen LogP contribution < -0.4 is 4.90 Å². The third-order valence-corrected chi connectivity index (χ3v) is 4.48. The average Bonchev–Trinajstić information content (AvgIpc) is 2.94. The SMILES string of the molecule is CC.Cc1cn(CC(=O)N2CCN(c3ccc(Cl)cc3)CC2)c(C)n1. The van der Waals surface area contributed by atoms with Gasteiger partial charge in [0, 0.05) is 43.1 Å². The molecule has 1 aliphatic heterocycles. The normalized spacial score (nSPS) is 14.1. The van der Waals surface area contributed by atoms with Gasteiger partial charge in [-0.3, -0.25) is 4.79 Å². The van der Waals surface area contributed by atoms with Crippen LogP contribution in [0.2, 0.25) is 5.02 Å². The molecule has 2 heterocycles. The predicted octanol–water partition coefficient (Wildman–Crippen LogP) is 3.53. The van der Waals surface area contributed by atoms with Crippen molar-refractivity contribution >= 4 is 23.2 Å². The first kappa shape index (κ1) is 19.3. The molecule has 0 saturated carbocycles. The van der Waals surface area contributed by atoms with Crippen molar-refractivity contribution in [3.05, 3.63) is 47.0 Å². The molecule has 0 spiro atoms. The highest BCUT2D eigenvalue weighted by Gasteiger charge is 2.21. The Balaban J connectivity index is 0.00000109. The van der Waals surface area contributed by atoms with E-state index in [9.17, 15) is 4.79 Å². The van der Waals surface area contributed by atoms with Crippen LogP contribution in [0.1, 0.15) is 25.4 Å². The second-order valence-electron chi connectivity index (χ2n) is 5.90. The molecule has 1 amide bonds. The molecule has 0 N–H and O–H groups in total. The number of carbonyl (C=O) groups excluding carboxylic acids is 1. The summed E-state index contributed by atoms with van der Waals surface area (Å²) in [7, 11) is 0. The molecule has 1 fully saturated rings. The van der Waals surface area contributed by atoms with Crippen molar-refractivity contribution in [1.29, 1.82) is 0 Å². The lowest BCUT2D eigenvalue weighted by Gasteiger charge is -2.36. The van der Waals surface area contributed by atoms with Crippen LogP contribution in [0.15, 0.2) is 30.5 Å². The summed E-state index contributed by atoms with van der Waals surface area (Å²) in [6.07, 6.45) is 1.93. The largest absolute Gasteiger partial charge is 0.368 e. The minimum absolute atomic E-state index is 0.154. The first-order chi connectivity index (χ1) is 12.0. The minimum Gasteiger partial charge on any atom is -0.368 e. The van der Waals surface area contributed by atoms with Crippen LogP contribution in [0.4, 0.5) is 5.69 Å². The van der Waals surface area contributed by atoms with Gasteiger partial charge >= 0.3 is 0 Å². The monoisotopic (exact) mass is 362 g/mol. The van der Waals surface area contributed by atoms with Crippen LogP contribution in [0.3, 0.4) is 0 Å². The maximum absolute atomic E-state index is 12.5. The summed E-state index contributed by atoms with van der Waals surface area (Å²) in [6, 6.07) is 7.85. The fraction of sp³-hybridized carbons (Fsp3) is 0.474. The van der Waals surface area contributed by atoms with Crippen LogP contribution in [-0.4, -0.2) is 46.5 Å². The van der Waals surface area contributed by atoms with Gasteiger partial charge in [-0.05, 0) is 38.1 Å². The highest BCUT2D eigenvalue weighted by Crippen LogP contribution is 2.19. The van der Waals surface area contributed by atoms with E-state index in [2.05, 4.69) is 9.88 Å². The van der Waals surface area contributed by atoms with Crippen molar-refractivity contribution in [2.45, 2.75) is 34.2 Å². The molecule has 1 aromatic heterocycles. The van der Waals surface area contributed by atoms with Crippen LogP contribution >= 0.6 is 11.6 Å². The summed E-state index contributed by atoms with van der Waals surface area (Å²) in [6.45, 7) is 11.4. The molecule has 25 heavy (non-hydrogen) atoms. The van der Waals surface area contributed by atoms with Gasteiger partial charge in [0.15, 0.2) is 0 Å². The Morgan fingerprint density at radius 1 is 1.08 bits per heavy atom. The standard InChI is InChI=1S/C17H21ClN4O.C2H6/c1-13-11-22(14(2)19-13)12-17(23)21-9-7-20(8-10-21)16-5-3-15(18)4-6-16;1-2/h3-6,11H,7-10,12H2,1-2H3;1-2H3. The summed E-state index contributed by atoms with van der Waals surface area (Å²) in [5, 5.41) is 0.744. The number of nitrogens with zero attached hydrogens (tertiary/aromatic N) is 4. The van der Waals surface area contributed by atoms with Crippen LogP contribution in [-0.2, 0) is 11.3 Å². The van der Waals surface area contributed by atoms with Gasteiger partial charge in [0.05, 0.1) is 5.69 Å². The fourth-order valence-corrected chi connectivity index (χ4v) is 3.06. The molecule has 0 radical (unpaired) electrons. The second-order valence-corrected chi connectivity index (χ2v) is 6.34. The van der Waals surface area contributed by atoms with Crippen molar-refractivity contribution in [3.63, 3.8) is 0 Å². The Bertz CT molecular complexity index is 688. The third-order valence-electron chi connectivity index (χ3n) is 4.23. The molecule has 0 bridgehead atoms. The summed E-state index contributed by atoms with van der Waals surface area (Å²) in [5.41, 5.74) is 2.10. The summed E-state index contributed by atoms with van der Waals surface area (Å²) < 4.78 is 1.92. The van der Waals surface area contributed by atoms with Crippen LogP contribution in [0, 0.1) is 13.8 Å². The zero-order valence-corrected chi connectivity index (χ0v) is 16.3. The molecule has 3 rings (SSSR count). The Morgan fingerprint density at radius 3 is 2.20 bits per heavy atom. The number of amides is 1. The van der Waals surface area contributed by atoms with E-state index in [-0.39, 0.29) is 5.91 Å². The molecule has 0 unspecified atom stereocenters. The maximum atomic E-state index is 12.5. The van der Waals surface area contributed by atoms with E-state index in [1.165, 1.54) is 0 Å². The molecule has 5 nitrogen and oxygen atoms in total. The van der Waals surface area contributed by atoms with Gasteiger partial charge in [0.25, 0.3) is 0 Å². The molecule has 0 atom stereocenters. The highest BCUT2D eigenvalue weighted by atomic mass is 35.5. The summed E-state index contributed by atoms with van der Waals surface area (Å²) in [4.78, 5) is 21.0. The van der Waals surface area contributed by atoms with E-state index < -0.39 is 0 Å². The summed E-state index contributed by atoms with van der Waals surface area (Å²) >= 11 is 5.93. The number of imidazole rings is 1. The third kappa shape index (κ3) is 4.98. The van der Waals surface area contributed by atoms with Gasteiger partial charge in [0.1, 0.15) is 12.4 Å². The number of rotatable bonds is 3. The lowest BCUT2D eigenvalue weighted by atomic mass is 10.2. The first-order valence-electron chi connectivity index (χ1n) is 8.81. The first-order valence-corrected chi connectivity index (χ1v) is 9.19. The number of aromatic nitrogens is 2. The van der Waals surface area contributed by atoms with E-state index in [4.69, 9.17) is 11.6 Å². The maximum Gasteiger partial charge on any atom is 0.242 e. The van der Waals surface area contributed by atoms with Crippen LogP contribution in [0.5, 0.6) is 0 Å². The molecule has 136 valence electrons. The van der Waals surface area contributed by atoms with Gasteiger partial charge < -0.3 is 14.4 Å². The van der Waals surface area contributed by atoms with Gasteiger partial charge in [-0.15, -0.1) is 0 Å². The number of benzene rings is 1. The van der Waals surface area contributed by atoms with Crippen LogP contribution in [0.25, 0.3) is 0 Å².